The number of aryl methyl sites for hydroxylation is 1. The molecule has 1 heterocycles. The third kappa shape index (κ3) is 4.56. The molecule has 0 spiro atoms. The van der Waals surface area contributed by atoms with Gasteiger partial charge in [0.15, 0.2) is 0 Å². The van der Waals surface area contributed by atoms with E-state index in [1.165, 1.54) is 12.1 Å². The van der Waals surface area contributed by atoms with E-state index in [1.807, 2.05) is 11.6 Å². The molecule has 0 radical (unpaired) electrons. The quantitative estimate of drug-likeness (QED) is 0.884. The number of hydrogen-bond donors (Lipinski definition) is 2. The standard InChI is InChI=1S/C14H19FN4O.2ClH/c1-14(2,16)13(20)17-7-6-12-18-10-5-4-9(15)8-11(10)19(12)3;;/h4-5,8H,6-7,16H2,1-3H3,(H,17,20);2*1H. The molecule has 124 valence electrons. The van der Waals surface area contributed by atoms with Crippen LogP contribution >= 0.6 is 24.8 Å². The molecule has 22 heavy (non-hydrogen) atoms. The highest BCUT2D eigenvalue weighted by Gasteiger charge is 2.21. The number of nitrogens with two attached hydrogens (primary N) is 1. The molecule has 0 aliphatic heterocycles. The molecule has 0 atom stereocenters. The van der Waals surface area contributed by atoms with Crippen LogP contribution in [-0.2, 0) is 18.3 Å². The van der Waals surface area contributed by atoms with Crippen LogP contribution in [0.3, 0.4) is 0 Å². The van der Waals surface area contributed by atoms with Crippen molar-refractivity contribution < 1.29 is 9.18 Å². The van der Waals surface area contributed by atoms with Gasteiger partial charge in [-0.2, -0.15) is 0 Å². The number of fused-ring (bicyclic) bond motifs is 1. The molecular formula is C14H21Cl2FN4O. The number of imidazole rings is 1. The Morgan fingerprint density at radius 3 is 2.64 bits per heavy atom. The number of amides is 1. The number of carbonyl (C=O) groups is 1. The predicted octanol–water partition coefficient (Wildman–Crippen LogP) is 1.95. The van der Waals surface area contributed by atoms with Crippen LogP contribution in [0.25, 0.3) is 11.0 Å². The Morgan fingerprint density at radius 1 is 1.41 bits per heavy atom. The van der Waals surface area contributed by atoms with Crippen molar-refractivity contribution in [1.82, 2.24) is 14.9 Å². The topological polar surface area (TPSA) is 72.9 Å². The minimum Gasteiger partial charge on any atom is -0.354 e. The molecule has 2 aromatic rings. The number of aromatic nitrogens is 2. The van der Waals surface area contributed by atoms with Crippen molar-refractivity contribution >= 4 is 41.8 Å². The van der Waals surface area contributed by atoms with E-state index in [4.69, 9.17) is 5.73 Å². The van der Waals surface area contributed by atoms with Crippen molar-refractivity contribution in [2.45, 2.75) is 25.8 Å². The Labute approximate surface area is 141 Å². The minimum atomic E-state index is -0.893. The summed E-state index contributed by atoms with van der Waals surface area (Å²) in [5.74, 6) is 0.299. The molecule has 0 unspecified atom stereocenters. The molecule has 5 nitrogen and oxygen atoms in total. The fourth-order valence-electron chi connectivity index (χ4n) is 1.95. The maximum Gasteiger partial charge on any atom is 0.239 e. The predicted molar refractivity (Wildman–Crippen MR) is 90.1 cm³/mol. The van der Waals surface area contributed by atoms with Crippen molar-refractivity contribution in [3.63, 3.8) is 0 Å². The lowest BCUT2D eigenvalue weighted by Crippen LogP contribution is -2.49. The van der Waals surface area contributed by atoms with Crippen molar-refractivity contribution in [2.24, 2.45) is 12.8 Å². The van der Waals surface area contributed by atoms with Gasteiger partial charge in [-0.15, -0.1) is 24.8 Å². The second-order valence-corrected chi connectivity index (χ2v) is 5.45. The zero-order chi connectivity index (χ0) is 14.9. The molecule has 0 saturated carbocycles. The van der Waals surface area contributed by atoms with Gasteiger partial charge in [-0.05, 0) is 32.0 Å². The third-order valence-corrected chi connectivity index (χ3v) is 3.15. The van der Waals surface area contributed by atoms with Crippen LogP contribution in [-0.4, -0.2) is 27.5 Å². The Hall–Kier alpha value is -1.37. The smallest absolute Gasteiger partial charge is 0.239 e. The summed E-state index contributed by atoms with van der Waals surface area (Å²) in [5.41, 5.74) is 6.28. The molecule has 0 aliphatic carbocycles. The summed E-state index contributed by atoms with van der Waals surface area (Å²) in [4.78, 5) is 16.1. The molecule has 8 heteroatoms. The number of halogens is 3. The van der Waals surface area contributed by atoms with Gasteiger partial charge in [0.2, 0.25) is 5.91 Å². The van der Waals surface area contributed by atoms with E-state index in [9.17, 15) is 9.18 Å². The summed E-state index contributed by atoms with van der Waals surface area (Å²) in [6, 6.07) is 4.49. The van der Waals surface area contributed by atoms with Gasteiger partial charge >= 0.3 is 0 Å². The zero-order valence-corrected chi connectivity index (χ0v) is 14.4. The van der Waals surface area contributed by atoms with Crippen LogP contribution in [0, 0.1) is 5.82 Å². The van der Waals surface area contributed by atoms with Crippen LogP contribution in [0.15, 0.2) is 18.2 Å². The highest BCUT2D eigenvalue weighted by Crippen LogP contribution is 2.16. The van der Waals surface area contributed by atoms with E-state index in [1.54, 1.807) is 19.9 Å². The summed E-state index contributed by atoms with van der Waals surface area (Å²) in [6.07, 6.45) is 0.564. The number of nitrogens with one attached hydrogen (secondary N) is 1. The van der Waals surface area contributed by atoms with E-state index in [0.29, 0.717) is 13.0 Å². The van der Waals surface area contributed by atoms with Crippen LogP contribution < -0.4 is 11.1 Å². The molecular weight excluding hydrogens is 330 g/mol. The molecule has 0 bridgehead atoms. The van der Waals surface area contributed by atoms with Gasteiger partial charge < -0.3 is 15.6 Å². The lowest BCUT2D eigenvalue weighted by molar-refractivity contribution is -0.125. The molecule has 0 fully saturated rings. The second kappa shape index (κ2) is 7.76. The highest BCUT2D eigenvalue weighted by atomic mass is 35.5. The molecule has 0 saturated heterocycles. The number of nitrogens with zero attached hydrogens (tertiary/aromatic N) is 2. The van der Waals surface area contributed by atoms with Gasteiger partial charge in [0, 0.05) is 20.0 Å². The zero-order valence-electron chi connectivity index (χ0n) is 12.7. The van der Waals surface area contributed by atoms with Gasteiger partial charge in [0.1, 0.15) is 11.6 Å². The molecule has 0 aliphatic rings. The van der Waals surface area contributed by atoms with Gasteiger partial charge in [0.25, 0.3) is 0 Å². The van der Waals surface area contributed by atoms with E-state index < -0.39 is 5.54 Å². The first-order valence-corrected chi connectivity index (χ1v) is 6.47. The van der Waals surface area contributed by atoms with Crippen LogP contribution in [0.2, 0.25) is 0 Å². The lowest BCUT2D eigenvalue weighted by Gasteiger charge is -2.17. The van der Waals surface area contributed by atoms with E-state index >= 15 is 0 Å². The fraction of sp³-hybridized carbons (Fsp3) is 0.429. The van der Waals surface area contributed by atoms with E-state index in [-0.39, 0.29) is 36.5 Å². The number of benzene rings is 1. The Bertz CT molecular complexity index is 652. The fourth-order valence-corrected chi connectivity index (χ4v) is 1.95. The maximum atomic E-state index is 13.2. The largest absolute Gasteiger partial charge is 0.354 e. The normalized spacial score (nSPS) is 10.8. The maximum absolute atomic E-state index is 13.2. The summed E-state index contributed by atoms with van der Waals surface area (Å²) in [5, 5.41) is 2.76. The van der Waals surface area contributed by atoms with Crippen molar-refractivity contribution in [3.8, 4) is 0 Å². The van der Waals surface area contributed by atoms with E-state index in [0.717, 1.165) is 16.9 Å². The number of hydrogen-bond acceptors (Lipinski definition) is 3. The first kappa shape index (κ1) is 20.6. The summed E-state index contributed by atoms with van der Waals surface area (Å²) < 4.78 is 15.0. The number of carbonyl (C=O) groups excluding carboxylic acids is 1. The average Bonchev–Trinajstić information content (AvgIpc) is 2.65. The average molecular weight is 351 g/mol. The van der Waals surface area contributed by atoms with Crippen LogP contribution in [0.1, 0.15) is 19.7 Å². The highest BCUT2D eigenvalue weighted by molar-refractivity contribution is 5.86. The van der Waals surface area contributed by atoms with Gasteiger partial charge in [-0.25, -0.2) is 9.37 Å². The number of rotatable bonds is 4. The molecule has 1 aromatic carbocycles. The Morgan fingerprint density at radius 2 is 2.05 bits per heavy atom. The van der Waals surface area contributed by atoms with E-state index in [2.05, 4.69) is 10.3 Å². The van der Waals surface area contributed by atoms with Crippen LogP contribution in [0.4, 0.5) is 4.39 Å². The third-order valence-electron chi connectivity index (χ3n) is 3.15. The second-order valence-electron chi connectivity index (χ2n) is 5.45. The monoisotopic (exact) mass is 350 g/mol. The summed E-state index contributed by atoms with van der Waals surface area (Å²) >= 11 is 0. The minimum absolute atomic E-state index is 0. The molecule has 1 amide bonds. The van der Waals surface area contributed by atoms with Crippen molar-refractivity contribution in [3.05, 3.63) is 29.8 Å². The molecule has 2 rings (SSSR count). The summed E-state index contributed by atoms with van der Waals surface area (Å²) in [7, 11) is 1.83. The first-order valence-electron chi connectivity index (χ1n) is 6.47. The molecule has 3 N–H and O–H groups in total. The molecule has 1 aromatic heterocycles. The van der Waals surface area contributed by atoms with Crippen molar-refractivity contribution in [2.75, 3.05) is 6.54 Å². The SMILES string of the molecule is Cl.Cl.Cn1c(CCNC(=O)C(C)(C)N)nc2ccc(F)cc21. The van der Waals surface area contributed by atoms with Gasteiger partial charge in [-0.1, -0.05) is 0 Å². The first-order chi connectivity index (χ1) is 9.29. The van der Waals surface area contributed by atoms with Gasteiger partial charge in [-0.3, -0.25) is 4.79 Å². The van der Waals surface area contributed by atoms with Gasteiger partial charge in [0.05, 0.1) is 16.6 Å². The van der Waals surface area contributed by atoms with Crippen molar-refractivity contribution in [1.29, 1.82) is 0 Å². The Balaban J connectivity index is 0.00000220. The lowest BCUT2D eigenvalue weighted by atomic mass is 10.1. The van der Waals surface area contributed by atoms with Crippen LogP contribution in [0.5, 0.6) is 0 Å². The Kier molecular flexibility index (Phi) is 7.28. The summed E-state index contributed by atoms with van der Waals surface area (Å²) in [6.45, 7) is 3.75.